The van der Waals surface area contributed by atoms with Gasteiger partial charge in [0.1, 0.15) is 11.4 Å². The molecule has 0 bridgehead atoms. The summed E-state index contributed by atoms with van der Waals surface area (Å²) in [5, 5.41) is 22.5. The van der Waals surface area contributed by atoms with Crippen LogP contribution in [0, 0.1) is 15.9 Å². The molecule has 0 fully saturated rings. The molecular weight excluding hydrogens is 267 g/mol. The summed E-state index contributed by atoms with van der Waals surface area (Å²) in [5.41, 5.74) is -1.48. The molecular formula is C13H17FN2O4. The number of aliphatic hydroxyl groups is 1. The topological polar surface area (TPSA) is 92.5 Å². The van der Waals surface area contributed by atoms with Crippen molar-refractivity contribution >= 4 is 11.6 Å². The van der Waals surface area contributed by atoms with E-state index < -0.39 is 27.9 Å². The minimum Gasteiger partial charge on any atom is -0.396 e. The maximum absolute atomic E-state index is 13.2. The minimum absolute atomic E-state index is 0.129. The molecule has 6 nitrogen and oxygen atoms in total. The Morgan fingerprint density at radius 2 is 2.20 bits per heavy atom. The maximum Gasteiger partial charge on any atom is 0.282 e. The second kappa shape index (κ2) is 6.42. The van der Waals surface area contributed by atoms with Gasteiger partial charge in [0.25, 0.3) is 11.6 Å². The number of nitrogens with one attached hydrogen (secondary N) is 1. The molecule has 0 aliphatic carbocycles. The smallest absolute Gasteiger partial charge is 0.282 e. The Balaban J connectivity index is 3.08. The molecule has 0 aromatic heterocycles. The number of hydrogen-bond acceptors (Lipinski definition) is 4. The zero-order valence-corrected chi connectivity index (χ0v) is 11.4. The van der Waals surface area contributed by atoms with E-state index in [0.717, 1.165) is 18.2 Å². The third-order valence-electron chi connectivity index (χ3n) is 3.26. The van der Waals surface area contributed by atoms with Gasteiger partial charge in [-0.1, -0.05) is 6.92 Å². The molecule has 1 atom stereocenters. The van der Waals surface area contributed by atoms with E-state index in [2.05, 4.69) is 5.32 Å². The minimum atomic E-state index is -0.732. The molecule has 20 heavy (non-hydrogen) atoms. The highest BCUT2D eigenvalue weighted by atomic mass is 19.1. The number of carbonyl (C=O) groups is 1. The first kappa shape index (κ1) is 16.0. The van der Waals surface area contributed by atoms with Gasteiger partial charge in [0.15, 0.2) is 0 Å². The van der Waals surface area contributed by atoms with E-state index in [-0.39, 0.29) is 12.2 Å². The lowest BCUT2D eigenvalue weighted by Crippen LogP contribution is -2.46. The average molecular weight is 284 g/mol. The Morgan fingerprint density at radius 1 is 1.55 bits per heavy atom. The molecule has 0 aliphatic heterocycles. The summed E-state index contributed by atoms with van der Waals surface area (Å²) >= 11 is 0. The van der Waals surface area contributed by atoms with Crippen molar-refractivity contribution in [1.29, 1.82) is 0 Å². The highest BCUT2D eigenvalue weighted by Gasteiger charge is 2.28. The van der Waals surface area contributed by atoms with E-state index in [4.69, 9.17) is 5.11 Å². The van der Waals surface area contributed by atoms with Crippen LogP contribution in [0.2, 0.25) is 0 Å². The third kappa shape index (κ3) is 3.74. The Kier molecular flexibility index (Phi) is 5.15. The van der Waals surface area contributed by atoms with Gasteiger partial charge in [0.05, 0.1) is 4.92 Å². The highest BCUT2D eigenvalue weighted by molar-refractivity contribution is 5.98. The van der Waals surface area contributed by atoms with Crippen LogP contribution in [0.3, 0.4) is 0 Å². The molecule has 0 aliphatic rings. The molecule has 0 saturated heterocycles. The fourth-order valence-electron chi connectivity index (χ4n) is 1.77. The van der Waals surface area contributed by atoms with Gasteiger partial charge >= 0.3 is 0 Å². The summed E-state index contributed by atoms with van der Waals surface area (Å²) in [6, 6.07) is 2.73. The van der Waals surface area contributed by atoms with Gasteiger partial charge in [-0.05, 0) is 31.9 Å². The number of carbonyl (C=O) groups excluding carboxylic acids is 1. The van der Waals surface area contributed by atoms with Crippen molar-refractivity contribution in [3.05, 3.63) is 39.7 Å². The molecule has 0 saturated carbocycles. The highest BCUT2D eigenvalue weighted by Crippen LogP contribution is 2.22. The van der Waals surface area contributed by atoms with Crippen molar-refractivity contribution in [3.8, 4) is 0 Å². The van der Waals surface area contributed by atoms with Crippen LogP contribution < -0.4 is 5.32 Å². The number of halogens is 1. The zero-order valence-electron chi connectivity index (χ0n) is 11.4. The van der Waals surface area contributed by atoms with E-state index in [1.54, 1.807) is 6.92 Å². The summed E-state index contributed by atoms with van der Waals surface area (Å²) < 4.78 is 13.2. The number of rotatable bonds is 6. The van der Waals surface area contributed by atoms with Crippen LogP contribution in [-0.4, -0.2) is 28.1 Å². The molecule has 110 valence electrons. The standard InChI is InChI=1S/C13H17FN2O4/c1-3-13(2,6-7-17)15-12(18)10-8-9(14)4-5-11(10)16(19)20/h4-5,8,17H,3,6-7H2,1-2H3,(H,15,18). The Bertz CT molecular complexity index is 521. The van der Waals surface area contributed by atoms with Crippen LogP contribution in [0.5, 0.6) is 0 Å². The summed E-state index contributed by atoms with van der Waals surface area (Å²) in [7, 11) is 0. The number of nitro groups is 1. The molecule has 7 heteroatoms. The Morgan fingerprint density at radius 3 is 2.70 bits per heavy atom. The largest absolute Gasteiger partial charge is 0.396 e. The van der Waals surface area contributed by atoms with Crippen molar-refractivity contribution in [1.82, 2.24) is 5.32 Å². The van der Waals surface area contributed by atoms with Gasteiger partial charge in [-0.25, -0.2) is 4.39 Å². The first-order valence-corrected chi connectivity index (χ1v) is 6.20. The van der Waals surface area contributed by atoms with Gasteiger partial charge in [0, 0.05) is 18.2 Å². The number of benzene rings is 1. The number of nitrogens with zero attached hydrogens (tertiary/aromatic N) is 1. The van der Waals surface area contributed by atoms with E-state index in [9.17, 15) is 19.3 Å². The van der Waals surface area contributed by atoms with E-state index >= 15 is 0 Å². The van der Waals surface area contributed by atoms with Gasteiger partial charge < -0.3 is 10.4 Å². The van der Waals surface area contributed by atoms with E-state index in [1.807, 2.05) is 6.92 Å². The van der Waals surface area contributed by atoms with Crippen LogP contribution in [0.25, 0.3) is 0 Å². The average Bonchev–Trinajstić information content (AvgIpc) is 2.38. The summed E-state index contributed by atoms with van der Waals surface area (Å²) in [6.07, 6.45) is 0.834. The fraction of sp³-hybridized carbons (Fsp3) is 0.462. The quantitative estimate of drug-likeness (QED) is 0.617. The molecule has 0 spiro atoms. The van der Waals surface area contributed by atoms with Crippen LogP contribution in [0.1, 0.15) is 37.0 Å². The van der Waals surface area contributed by atoms with Gasteiger partial charge in [-0.2, -0.15) is 0 Å². The fourth-order valence-corrected chi connectivity index (χ4v) is 1.77. The zero-order chi connectivity index (χ0) is 15.3. The second-order valence-corrected chi connectivity index (χ2v) is 4.76. The van der Waals surface area contributed by atoms with Crippen LogP contribution in [-0.2, 0) is 0 Å². The van der Waals surface area contributed by atoms with E-state index in [1.165, 1.54) is 0 Å². The summed E-state index contributed by atoms with van der Waals surface area (Å²) in [6.45, 7) is 3.40. The Hall–Kier alpha value is -2.02. The molecule has 1 aromatic carbocycles. The molecule has 2 N–H and O–H groups in total. The normalized spacial score (nSPS) is 13.6. The van der Waals surface area contributed by atoms with Gasteiger partial charge in [-0.3, -0.25) is 14.9 Å². The first-order valence-electron chi connectivity index (χ1n) is 6.20. The Labute approximate surface area is 115 Å². The number of amides is 1. The van der Waals surface area contributed by atoms with Crippen LogP contribution in [0.15, 0.2) is 18.2 Å². The lowest BCUT2D eigenvalue weighted by molar-refractivity contribution is -0.385. The van der Waals surface area contributed by atoms with Gasteiger partial charge in [-0.15, -0.1) is 0 Å². The first-order chi connectivity index (χ1) is 9.33. The van der Waals surface area contributed by atoms with Crippen molar-refractivity contribution in [3.63, 3.8) is 0 Å². The van der Waals surface area contributed by atoms with Crippen molar-refractivity contribution in [2.45, 2.75) is 32.2 Å². The monoisotopic (exact) mass is 284 g/mol. The molecule has 1 amide bonds. The van der Waals surface area contributed by atoms with E-state index in [0.29, 0.717) is 12.8 Å². The second-order valence-electron chi connectivity index (χ2n) is 4.76. The van der Waals surface area contributed by atoms with Crippen LogP contribution in [0.4, 0.5) is 10.1 Å². The predicted molar refractivity (Wildman–Crippen MR) is 70.9 cm³/mol. The predicted octanol–water partition coefficient (Wildman–Crippen LogP) is 2.01. The summed E-state index contributed by atoms with van der Waals surface area (Å²) in [4.78, 5) is 22.2. The molecule has 1 rings (SSSR count). The lowest BCUT2D eigenvalue weighted by Gasteiger charge is -2.28. The van der Waals surface area contributed by atoms with Gasteiger partial charge in [0.2, 0.25) is 0 Å². The third-order valence-corrected chi connectivity index (χ3v) is 3.26. The SMILES string of the molecule is CCC(C)(CCO)NC(=O)c1cc(F)ccc1[N+](=O)[O-]. The number of hydrogen-bond donors (Lipinski definition) is 2. The van der Waals surface area contributed by atoms with Crippen molar-refractivity contribution < 1.29 is 19.2 Å². The molecule has 1 aromatic rings. The molecule has 0 radical (unpaired) electrons. The van der Waals surface area contributed by atoms with Crippen LogP contribution >= 0.6 is 0 Å². The number of nitro benzene ring substituents is 1. The lowest BCUT2D eigenvalue weighted by atomic mass is 9.94. The van der Waals surface area contributed by atoms with Crippen molar-refractivity contribution in [2.24, 2.45) is 0 Å². The maximum atomic E-state index is 13.2. The summed E-state index contributed by atoms with van der Waals surface area (Å²) in [5.74, 6) is -1.45. The molecule has 1 unspecified atom stereocenters. The number of aliphatic hydroxyl groups excluding tert-OH is 1. The van der Waals surface area contributed by atoms with Crippen molar-refractivity contribution in [2.75, 3.05) is 6.61 Å². The molecule has 0 heterocycles.